The number of piperidine rings is 1. The predicted molar refractivity (Wildman–Crippen MR) is 66.4 cm³/mol. The molecular formula is C13H26N2O. The molecule has 94 valence electrons. The molecule has 0 aromatic carbocycles. The average Bonchev–Trinajstić information content (AvgIpc) is 2.29. The van der Waals surface area contributed by atoms with Gasteiger partial charge >= 0.3 is 0 Å². The number of nitrogens with two attached hydrogens (primary N) is 1. The molecule has 0 aromatic rings. The smallest absolute Gasteiger partial charge is 0.0469 e. The summed E-state index contributed by atoms with van der Waals surface area (Å²) in [5, 5.41) is 0. The highest BCUT2D eigenvalue weighted by atomic mass is 16.5. The SMILES string of the molecule is CC1CC(N)CCN1C(C)C1CCOCC1. The first-order chi connectivity index (χ1) is 7.68. The monoisotopic (exact) mass is 226 g/mol. The zero-order valence-corrected chi connectivity index (χ0v) is 10.7. The van der Waals surface area contributed by atoms with Gasteiger partial charge in [-0.3, -0.25) is 4.90 Å². The summed E-state index contributed by atoms with van der Waals surface area (Å²) in [5.41, 5.74) is 6.02. The second-order valence-electron chi connectivity index (χ2n) is 5.56. The molecule has 3 unspecified atom stereocenters. The summed E-state index contributed by atoms with van der Waals surface area (Å²) in [5.74, 6) is 0.825. The molecule has 0 aliphatic carbocycles. The minimum atomic E-state index is 0.424. The minimum Gasteiger partial charge on any atom is -0.381 e. The molecule has 2 heterocycles. The number of rotatable bonds is 2. The lowest BCUT2D eigenvalue weighted by molar-refractivity contribution is 0.00864. The van der Waals surface area contributed by atoms with E-state index in [1.165, 1.54) is 19.4 Å². The van der Waals surface area contributed by atoms with Crippen LogP contribution in [0.3, 0.4) is 0 Å². The average molecular weight is 226 g/mol. The van der Waals surface area contributed by atoms with Gasteiger partial charge in [0.15, 0.2) is 0 Å². The molecule has 0 spiro atoms. The van der Waals surface area contributed by atoms with Gasteiger partial charge in [-0.2, -0.15) is 0 Å². The van der Waals surface area contributed by atoms with E-state index in [0.717, 1.165) is 32.0 Å². The van der Waals surface area contributed by atoms with Gasteiger partial charge in [-0.05, 0) is 45.4 Å². The molecular weight excluding hydrogens is 200 g/mol. The van der Waals surface area contributed by atoms with E-state index < -0.39 is 0 Å². The van der Waals surface area contributed by atoms with E-state index in [2.05, 4.69) is 18.7 Å². The summed E-state index contributed by atoms with van der Waals surface area (Å²) in [6.07, 6.45) is 4.79. The Morgan fingerprint density at radius 1 is 1.25 bits per heavy atom. The molecule has 0 saturated carbocycles. The van der Waals surface area contributed by atoms with Gasteiger partial charge in [-0.1, -0.05) is 0 Å². The summed E-state index contributed by atoms with van der Waals surface area (Å²) < 4.78 is 5.44. The van der Waals surface area contributed by atoms with Crippen molar-refractivity contribution in [3.05, 3.63) is 0 Å². The van der Waals surface area contributed by atoms with E-state index in [9.17, 15) is 0 Å². The molecule has 2 saturated heterocycles. The van der Waals surface area contributed by atoms with Crippen molar-refractivity contribution in [1.82, 2.24) is 4.90 Å². The van der Waals surface area contributed by atoms with Crippen LogP contribution in [-0.4, -0.2) is 42.8 Å². The van der Waals surface area contributed by atoms with E-state index in [1.54, 1.807) is 0 Å². The third kappa shape index (κ3) is 2.76. The Labute approximate surface area is 99.3 Å². The van der Waals surface area contributed by atoms with Crippen LogP contribution in [0, 0.1) is 5.92 Å². The van der Waals surface area contributed by atoms with E-state index >= 15 is 0 Å². The van der Waals surface area contributed by atoms with Crippen molar-refractivity contribution in [2.24, 2.45) is 11.7 Å². The lowest BCUT2D eigenvalue weighted by atomic mass is 9.88. The van der Waals surface area contributed by atoms with Gasteiger partial charge in [0.2, 0.25) is 0 Å². The van der Waals surface area contributed by atoms with Crippen molar-refractivity contribution in [1.29, 1.82) is 0 Å². The number of hydrogen-bond acceptors (Lipinski definition) is 3. The molecule has 3 nitrogen and oxygen atoms in total. The fourth-order valence-corrected chi connectivity index (χ4v) is 3.30. The van der Waals surface area contributed by atoms with E-state index in [1.807, 2.05) is 0 Å². The predicted octanol–water partition coefficient (Wildman–Crippen LogP) is 1.61. The lowest BCUT2D eigenvalue weighted by Gasteiger charge is -2.44. The first kappa shape index (κ1) is 12.3. The van der Waals surface area contributed by atoms with Gasteiger partial charge in [-0.15, -0.1) is 0 Å². The Bertz CT molecular complexity index is 216. The van der Waals surface area contributed by atoms with E-state index in [0.29, 0.717) is 18.1 Å². The summed E-state index contributed by atoms with van der Waals surface area (Å²) in [7, 11) is 0. The van der Waals surface area contributed by atoms with E-state index in [-0.39, 0.29) is 0 Å². The van der Waals surface area contributed by atoms with Crippen LogP contribution in [0.1, 0.15) is 39.5 Å². The van der Waals surface area contributed by atoms with Crippen molar-refractivity contribution in [3.8, 4) is 0 Å². The highest BCUT2D eigenvalue weighted by Crippen LogP contribution is 2.27. The summed E-state index contributed by atoms with van der Waals surface area (Å²) in [6.45, 7) is 7.81. The fourth-order valence-electron chi connectivity index (χ4n) is 3.30. The van der Waals surface area contributed by atoms with Crippen LogP contribution < -0.4 is 5.73 Å². The molecule has 0 amide bonds. The fraction of sp³-hybridized carbons (Fsp3) is 1.00. The molecule has 0 radical (unpaired) electrons. The molecule has 2 aliphatic rings. The van der Waals surface area contributed by atoms with Crippen LogP contribution in [0.5, 0.6) is 0 Å². The first-order valence-electron chi connectivity index (χ1n) is 6.77. The molecule has 0 aromatic heterocycles. The zero-order chi connectivity index (χ0) is 11.5. The number of hydrogen-bond donors (Lipinski definition) is 1. The highest BCUT2D eigenvalue weighted by Gasteiger charge is 2.31. The van der Waals surface area contributed by atoms with Crippen molar-refractivity contribution in [2.45, 2.75) is 57.7 Å². The topological polar surface area (TPSA) is 38.5 Å². The van der Waals surface area contributed by atoms with Crippen molar-refractivity contribution in [3.63, 3.8) is 0 Å². The van der Waals surface area contributed by atoms with Gasteiger partial charge < -0.3 is 10.5 Å². The number of nitrogens with zero attached hydrogens (tertiary/aromatic N) is 1. The maximum Gasteiger partial charge on any atom is 0.0469 e. The van der Waals surface area contributed by atoms with Crippen LogP contribution in [0.15, 0.2) is 0 Å². The maximum absolute atomic E-state index is 6.02. The van der Waals surface area contributed by atoms with Crippen molar-refractivity contribution >= 4 is 0 Å². The Kier molecular flexibility index (Phi) is 4.22. The van der Waals surface area contributed by atoms with Crippen molar-refractivity contribution in [2.75, 3.05) is 19.8 Å². The quantitative estimate of drug-likeness (QED) is 0.777. The number of ether oxygens (including phenoxy) is 1. The zero-order valence-electron chi connectivity index (χ0n) is 10.7. The van der Waals surface area contributed by atoms with Crippen LogP contribution in [0.25, 0.3) is 0 Å². The molecule has 2 aliphatic heterocycles. The maximum atomic E-state index is 6.02. The highest BCUT2D eigenvalue weighted by molar-refractivity contribution is 4.87. The second kappa shape index (κ2) is 5.48. The van der Waals surface area contributed by atoms with Crippen LogP contribution in [-0.2, 0) is 4.74 Å². The summed E-state index contributed by atoms with van der Waals surface area (Å²) in [4.78, 5) is 2.67. The Balaban J connectivity index is 1.90. The third-order valence-electron chi connectivity index (χ3n) is 4.44. The first-order valence-corrected chi connectivity index (χ1v) is 6.77. The number of likely N-dealkylation sites (tertiary alicyclic amines) is 1. The lowest BCUT2D eigenvalue weighted by Crippen LogP contribution is -2.52. The van der Waals surface area contributed by atoms with Crippen molar-refractivity contribution < 1.29 is 4.74 Å². The van der Waals surface area contributed by atoms with E-state index in [4.69, 9.17) is 10.5 Å². The molecule has 0 bridgehead atoms. The van der Waals surface area contributed by atoms with Gasteiger partial charge in [-0.25, -0.2) is 0 Å². The van der Waals surface area contributed by atoms with Gasteiger partial charge in [0.05, 0.1) is 0 Å². The second-order valence-corrected chi connectivity index (χ2v) is 5.56. The van der Waals surface area contributed by atoms with Crippen LogP contribution in [0.2, 0.25) is 0 Å². The Hall–Kier alpha value is -0.120. The standard InChI is InChI=1S/C13H26N2O/c1-10-9-13(14)3-6-15(10)11(2)12-4-7-16-8-5-12/h10-13H,3-9,14H2,1-2H3. The van der Waals surface area contributed by atoms with Gasteiger partial charge in [0.25, 0.3) is 0 Å². The molecule has 2 rings (SSSR count). The van der Waals surface area contributed by atoms with Gasteiger partial charge in [0.1, 0.15) is 0 Å². The normalized spacial score (nSPS) is 36.2. The molecule has 3 atom stereocenters. The molecule has 3 heteroatoms. The minimum absolute atomic E-state index is 0.424. The molecule has 2 fully saturated rings. The van der Waals surface area contributed by atoms with Crippen LogP contribution in [0.4, 0.5) is 0 Å². The van der Waals surface area contributed by atoms with Gasteiger partial charge in [0, 0.05) is 37.9 Å². The summed E-state index contributed by atoms with van der Waals surface area (Å²) in [6, 6.07) is 1.78. The summed E-state index contributed by atoms with van der Waals surface area (Å²) >= 11 is 0. The Morgan fingerprint density at radius 2 is 1.94 bits per heavy atom. The third-order valence-corrected chi connectivity index (χ3v) is 4.44. The molecule has 2 N–H and O–H groups in total. The Morgan fingerprint density at radius 3 is 2.56 bits per heavy atom. The van der Waals surface area contributed by atoms with Crippen LogP contribution >= 0.6 is 0 Å². The largest absolute Gasteiger partial charge is 0.381 e. The molecule has 16 heavy (non-hydrogen) atoms.